The van der Waals surface area contributed by atoms with Crippen LogP contribution in [0, 0.1) is 5.92 Å². The molecule has 0 aromatic heterocycles. The second kappa shape index (κ2) is 4.60. The van der Waals surface area contributed by atoms with E-state index < -0.39 is 10.2 Å². The Balaban J connectivity index is 2.06. The lowest BCUT2D eigenvalue weighted by atomic mass is 9.96. The highest BCUT2D eigenvalue weighted by atomic mass is 32.2. The maximum Gasteiger partial charge on any atom is 0.281 e. The van der Waals surface area contributed by atoms with E-state index in [0.29, 0.717) is 26.2 Å². The van der Waals surface area contributed by atoms with Crippen molar-refractivity contribution in [2.24, 2.45) is 11.7 Å². The van der Waals surface area contributed by atoms with E-state index >= 15 is 0 Å². The molecule has 2 N–H and O–H groups in total. The molecule has 2 aliphatic heterocycles. The van der Waals surface area contributed by atoms with Crippen molar-refractivity contribution in [1.82, 2.24) is 8.61 Å². The topological polar surface area (TPSA) is 66.6 Å². The molecule has 0 spiro atoms. The van der Waals surface area contributed by atoms with Crippen LogP contribution in [-0.2, 0) is 10.2 Å². The zero-order valence-electron chi connectivity index (χ0n) is 9.80. The van der Waals surface area contributed by atoms with E-state index in [1.807, 2.05) is 6.92 Å². The molecular formula is C10H21N3O2S. The molecule has 2 heterocycles. The third-order valence-corrected chi connectivity index (χ3v) is 5.65. The Morgan fingerprint density at radius 2 is 1.75 bits per heavy atom. The summed E-state index contributed by atoms with van der Waals surface area (Å²) in [7, 11) is -3.21. The van der Waals surface area contributed by atoms with E-state index in [0.717, 1.165) is 19.3 Å². The van der Waals surface area contributed by atoms with Gasteiger partial charge in [0.05, 0.1) is 0 Å². The molecule has 0 amide bonds. The van der Waals surface area contributed by atoms with Crippen molar-refractivity contribution < 1.29 is 8.42 Å². The Hall–Kier alpha value is -0.170. The molecule has 0 aromatic rings. The van der Waals surface area contributed by atoms with Crippen molar-refractivity contribution in [3.05, 3.63) is 0 Å². The maximum atomic E-state index is 12.3. The highest BCUT2D eigenvalue weighted by Crippen LogP contribution is 2.22. The zero-order valence-corrected chi connectivity index (χ0v) is 10.6. The van der Waals surface area contributed by atoms with Crippen molar-refractivity contribution in [3.63, 3.8) is 0 Å². The lowest BCUT2D eigenvalue weighted by Crippen LogP contribution is -2.51. The Morgan fingerprint density at radius 3 is 2.31 bits per heavy atom. The summed E-state index contributed by atoms with van der Waals surface area (Å²) >= 11 is 0. The number of piperidine rings is 1. The molecule has 0 aliphatic carbocycles. The van der Waals surface area contributed by atoms with Crippen LogP contribution in [0.25, 0.3) is 0 Å². The van der Waals surface area contributed by atoms with Gasteiger partial charge in [0.25, 0.3) is 10.2 Å². The summed E-state index contributed by atoms with van der Waals surface area (Å²) in [5.41, 5.74) is 5.90. The number of hydrogen-bond acceptors (Lipinski definition) is 3. The van der Waals surface area contributed by atoms with E-state index in [9.17, 15) is 8.42 Å². The van der Waals surface area contributed by atoms with Gasteiger partial charge in [-0.05, 0) is 25.2 Å². The number of nitrogens with zero attached hydrogens (tertiary/aromatic N) is 2. The quantitative estimate of drug-likeness (QED) is 0.746. The SMILES string of the molecule is CC1CN(S(=O)(=O)N2CCCC2)CCC1N. The second-order valence-electron chi connectivity index (χ2n) is 4.90. The molecule has 2 aliphatic rings. The van der Waals surface area contributed by atoms with Crippen LogP contribution in [0.4, 0.5) is 0 Å². The Bertz CT molecular complexity index is 338. The van der Waals surface area contributed by atoms with Gasteiger partial charge < -0.3 is 5.73 Å². The highest BCUT2D eigenvalue weighted by molar-refractivity contribution is 7.86. The van der Waals surface area contributed by atoms with Crippen LogP contribution in [0.1, 0.15) is 26.2 Å². The molecule has 2 atom stereocenters. The van der Waals surface area contributed by atoms with Crippen LogP contribution in [0.15, 0.2) is 0 Å². The third-order valence-electron chi connectivity index (χ3n) is 3.65. The summed E-state index contributed by atoms with van der Waals surface area (Å²) < 4.78 is 27.7. The van der Waals surface area contributed by atoms with Crippen LogP contribution in [-0.4, -0.2) is 49.2 Å². The van der Waals surface area contributed by atoms with Gasteiger partial charge in [0.1, 0.15) is 0 Å². The fourth-order valence-electron chi connectivity index (χ4n) is 2.42. The normalized spacial score (nSPS) is 34.4. The molecular weight excluding hydrogens is 226 g/mol. The zero-order chi connectivity index (χ0) is 11.8. The predicted octanol–water partition coefficient (Wildman–Crippen LogP) is -0.00390. The molecule has 0 bridgehead atoms. The van der Waals surface area contributed by atoms with Crippen molar-refractivity contribution >= 4 is 10.2 Å². The third kappa shape index (κ3) is 2.25. The largest absolute Gasteiger partial charge is 0.327 e. The molecule has 2 fully saturated rings. The predicted molar refractivity (Wildman–Crippen MR) is 63.1 cm³/mol. The lowest BCUT2D eigenvalue weighted by molar-refractivity contribution is 0.237. The first kappa shape index (κ1) is 12.3. The second-order valence-corrected chi connectivity index (χ2v) is 6.83. The van der Waals surface area contributed by atoms with Gasteiger partial charge in [-0.2, -0.15) is 17.0 Å². The van der Waals surface area contributed by atoms with Gasteiger partial charge in [-0.3, -0.25) is 0 Å². The minimum atomic E-state index is -3.21. The van der Waals surface area contributed by atoms with E-state index in [2.05, 4.69) is 0 Å². The first-order valence-corrected chi connectivity index (χ1v) is 7.42. The summed E-state index contributed by atoms with van der Waals surface area (Å²) in [6.07, 6.45) is 2.75. The van der Waals surface area contributed by atoms with Crippen molar-refractivity contribution in [2.45, 2.75) is 32.2 Å². The molecule has 0 aromatic carbocycles. The van der Waals surface area contributed by atoms with Gasteiger partial charge >= 0.3 is 0 Å². The summed E-state index contributed by atoms with van der Waals surface area (Å²) in [6.45, 7) is 4.53. The molecule has 0 radical (unpaired) electrons. The molecule has 2 saturated heterocycles. The number of hydrogen-bond donors (Lipinski definition) is 1. The van der Waals surface area contributed by atoms with Crippen LogP contribution in [0.2, 0.25) is 0 Å². The van der Waals surface area contributed by atoms with Crippen molar-refractivity contribution in [2.75, 3.05) is 26.2 Å². The molecule has 2 unspecified atom stereocenters. The van der Waals surface area contributed by atoms with Gasteiger partial charge in [-0.15, -0.1) is 0 Å². The summed E-state index contributed by atoms with van der Waals surface area (Å²) in [5.74, 6) is 0.256. The van der Waals surface area contributed by atoms with Crippen molar-refractivity contribution in [1.29, 1.82) is 0 Å². The average Bonchev–Trinajstić information content (AvgIpc) is 2.75. The molecule has 94 valence electrons. The van der Waals surface area contributed by atoms with Gasteiger partial charge in [-0.25, -0.2) is 0 Å². The summed E-state index contributed by atoms with van der Waals surface area (Å²) in [5, 5.41) is 0. The van der Waals surface area contributed by atoms with Gasteiger partial charge in [0.2, 0.25) is 0 Å². The molecule has 6 heteroatoms. The van der Waals surface area contributed by atoms with Crippen LogP contribution >= 0.6 is 0 Å². The van der Waals surface area contributed by atoms with Gasteiger partial charge in [-0.1, -0.05) is 6.92 Å². The minimum absolute atomic E-state index is 0.144. The van der Waals surface area contributed by atoms with Crippen LogP contribution in [0.5, 0.6) is 0 Å². The number of nitrogens with two attached hydrogens (primary N) is 1. The Morgan fingerprint density at radius 1 is 1.12 bits per heavy atom. The fourth-order valence-corrected chi connectivity index (χ4v) is 4.22. The number of rotatable bonds is 2. The van der Waals surface area contributed by atoms with Gasteiger partial charge in [0, 0.05) is 32.2 Å². The lowest BCUT2D eigenvalue weighted by Gasteiger charge is -2.36. The average molecular weight is 247 g/mol. The molecule has 0 saturated carbocycles. The van der Waals surface area contributed by atoms with Crippen LogP contribution < -0.4 is 5.73 Å². The Kier molecular flexibility index (Phi) is 3.53. The van der Waals surface area contributed by atoms with Crippen molar-refractivity contribution in [3.8, 4) is 0 Å². The smallest absolute Gasteiger partial charge is 0.281 e. The molecule has 5 nitrogen and oxygen atoms in total. The standard InChI is InChI=1S/C10H21N3O2S/c1-9-8-13(7-4-10(9)11)16(14,15)12-5-2-3-6-12/h9-10H,2-8,11H2,1H3. The van der Waals surface area contributed by atoms with E-state index in [1.54, 1.807) is 8.61 Å². The molecule has 2 rings (SSSR count). The Labute approximate surface area is 97.8 Å². The summed E-state index contributed by atoms with van der Waals surface area (Å²) in [6, 6.07) is 0.144. The molecule has 16 heavy (non-hydrogen) atoms. The minimum Gasteiger partial charge on any atom is -0.327 e. The highest BCUT2D eigenvalue weighted by Gasteiger charge is 2.35. The first-order chi connectivity index (χ1) is 7.51. The fraction of sp³-hybridized carbons (Fsp3) is 1.00. The first-order valence-electron chi connectivity index (χ1n) is 6.02. The van der Waals surface area contributed by atoms with E-state index in [-0.39, 0.29) is 12.0 Å². The summed E-state index contributed by atoms with van der Waals surface area (Å²) in [4.78, 5) is 0. The van der Waals surface area contributed by atoms with Crippen LogP contribution in [0.3, 0.4) is 0 Å². The maximum absolute atomic E-state index is 12.3. The van der Waals surface area contributed by atoms with E-state index in [1.165, 1.54) is 0 Å². The van der Waals surface area contributed by atoms with E-state index in [4.69, 9.17) is 5.73 Å². The monoisotopic (exact) mass is 247 g/mol. The van der Waals surface area contributed by atoms with Gasteiger partial charge in [0.15, 0.2) is 0 Å².